The van der Waals surface area contributed by atoms with Crippen molar-refractivity contribution in [3.05, 3.63) is 74.3 Å². The Hall–Kier alpha value is -4.34. The van der Waals surface area contributed by atoms with E-state index in [4.69, 9.17) is 8.94 Å². The maximum Gasteiger partial charge on any atom is 0.257 e. The topological polar surface area (TPSA) is 138 Å². The molecule has 0 fully saturated rings. The number of benzene rings is 1. The van der Waals surface area contributed by atoms with Gasteiger partial charge in [-0.25, -0.2) is 0 Å². The lowest BCUT2D eigenvalue weighted by Gasteiger charge is -2.21. The van der Waals surface area contributed by atoms with E-state index in [1.807, 2.05) is 19.9 Å². The van der Waals surface area contributed by atoms with Crippen LogP contribution in [0.2, 0.25) is 0 Å². The summed E-state index contributed by atoms with van der Waals surface area (Å²) in [5.74, 6) is -0.141. The smallest absolute Gasteiger partial charge is 0.257 e. The van der Waals surface area contributed by atoms with Crippen LogP contribution in [-0.4, -0.2) is 35.2 Å². The van der Waals surface area contributed by atoms with Gasteiger partial charge >= 0.3 is 0 Å². The molecular weight excluding hydrogens is 440 g/mol. The molecule has 0 saturated carbocycles. The summed E-state index contributed by atoms with van der Waals surface area (Å²) in [4.78, 5) is 38.3. The van der Waals surface area contributed by atoms with E-state index in [0.717, 1.165) is 16.8 Å². The number of phenols is 1. The van der Waals surface area contributed by atoms with Crippen molar-refractivity contribution in [2.24, 2.45) is 0 Å². The Balaban J connectivity index is 1.60. The first-order chi connectivity index (χ1) is 16.2. The molecular formula is C24H24N4O6. The molecule has 4 aromatic rings. The molecule has 0 aliphatic rings. The molecule has 34 heavy (non-hydrogen) atoms. The van der Waals surface area contributed by atoms with E-state index in [2.05, 4.69) is 15.8 Å². The summed E-state index contributed by atoms with van der Waals surface area (Å²) in [6, 6.07) is 5.99. The van der Waals surface area contributed by atoms with Gasteiger partial charge in [0, 0.05) is 25.2 Å². The standard InChI is InChI=1S/C24H24N4O6/c1-5-16(18-9-13(10-33-18)15-11-34-27-12(15)2)25-19-20(23(31)22(19)30)26-17-8-6-7-14(21(17)29)24(32)28(3)4/h6-11,16,25-26,29H,5H2,1-4H3. The number of carbonyl (C=O) groups excluding carboxylic acids is 1. The van der Waals surface area contributed by atoms with Crippen LogP contribution in [0.3, 0.4) is 0 Å². The number of amides is 1. The molecule has 4 rings (SSSR count). The predicted octanol–water partition coefficient (Wildman–Crippen LogP) is 3.55. The summed E-state index contributed by atoms with van der Waals surface area (Å²) >= 11 is 0. The summed E-state index contributed by atoms with van der Waals surface area (Å²) in [6.45, 7) is 3.73. The van der Waals surface area contributed by atoms with Crippen molar-refractivity contribution in [2.45, 2.75) is 26.3 Å². The zero-order chi connectivity index (χ0) is 24.6. The highest BCUT2D eigenvalue weighted by molar-refractivity contribution is 5.99. The van der Waals surface area contributed by atoms with Crippen molar-refractivity contribution in [3.8, 4) is 16.9 Å². The summed E-state index contributed by atoms with van der Waals surface area (Å²) in [5, 5.41) is 20.3. The van der Waals surface area contributed by atoms with Crippen molar-refractivity contribution in [2.75, 3.05) is 24.7 Å². The second kappa shape index (κ2) is 8.89. The van der Waals surface area contributed by atoms with Gasteiger partial charge in [0.2, 0.25) is 0 Å². The normalized spacial score (nSPS) is 12.0. The number of aryl methyl sites for hydroxylation is 1. The summed E-state index contributed by atoms with van der Waals surface area (Å²) < 4.78 is 10.7. The average molecular weight is 464 g/mol. The molecule has 1 amide bonds. The van der Waals surface area contributed by atoms with E-state index < -0.39 is 22.8 Å². The lowest BCUT2D eigenvalue weighted by molar-refractivity contribution is 0.0824. The molecule has 176 valence electrons. The Kier molecular flexibility index (Phi) is 5.97. The lowest BCUT2D eigenvalue weighted by atomic mass is 10.1. The Labute approximate surface area is 194 Å². The van der Waals surface area contributed by atoms with Crippen molar-refractivity contribution >= 4 is 23.0 Å². The molecule has 0 bridgehead atoms. The van der Waals surface area contributed by atoms with Crippen LogP contribution < -0.4 is 21.5 Å². The van der Waals surface area contributed by atoms with E-state index in [1.165, 1.54) is 23.3 Å². The molecule has 10 heteroatoms. The number of aromatic hydroxyl groups is 1. The fraction of sp³-hybridized carbons (Fsp3) is 0.250. The predicted molar refractivity (Wildman–Crippen MR) is 126 cm³/mol. The van der Waals surface area contributed by atoms with Gasteiger partial charge in [-0.1, -0.05) is 18.1 Å². The Morgan fingerprint density at radius 2 is 1.91 bits per heavy atom. The molecule has 2 aromatic carbocycles. The second-order valence-electron chi connectivity index (χ2n) is 8.09. The molecule has 0 spiro atoms. The minimum Gasteiger partial charge on any atom is -0.505 e. The van der Waals surface area contributed by atoms with Gasteiger partial charge in [-0.2, -0.15) is 0 Å². The van der Waals surface area contributed by atoms with Crippen LogP contribution in [0.1, 0.15) is 41.2 Å². The lowest BCUT2D eigenvalue weighted by Crippen LogP contribution is -2.37. The number of nitrogens with one attached hydrogen (secondary N) is 2. The third kappa shape index (κ3) is 3.94. The van der Waals surface area contributed by atoms with E-state index in [-0.39, 0.29) is 28.4 Å². The minimum absolute atomic E-state index is 0.00913. The van der Waals surface area contributed by atoms with Gasteiger partial charge in [-0.3, -0.25) is 14.4 Å². The van der Waals surface area contributed by atoms with E-state index >= 15 is 0 Å². The highest BCUT2D eigenvalue weighted by atomic mass is 16.5. The molecule has 3 N–H and O–H groups in total. The van der Waals surface area contributed by atoms with Crippen molar-refractivity contribution in [3.63, 3.8) is 0 Å². The van der Waals surface area contributed by atoms with Gasteiger partial charge in [0.05, 0.1) is 29.2 Å². The van der Waals surface area contributed by atoms with Gasteiger partial charge in [0.1, 0.15) is 23.4 Å². The first-order valence-electron chi connectivity index (χ1n) is 10.6. The Morgan fingerprint density at radius 1 is 1.18 bits per heavy atom. The van der Waals surface area contributed by atoms with Crippen LogP contribution in [0.4, 0.5) is 17.1 Å². The van der Waals surface area contributed by atoms with Crippen LogP contribution in [0.25, 0.3) is 11.1 Å². The Bertz CT molecular complexity index is 1420. The fourth-order valence-electron chi connectivity index (χ4n) is 3.64. The van der Waals surface area contributed by atoms with Gasteiger partial charge in [0.15, 0.2) is 5.75 Å². The third-order valence-corrected chi connectivity index (χ3v) is 5.59. The molecule has 1 unspecified atom stereocenters. The number of anilines is 3. The van der Waals surface area contributed by atoms with Crippen LogP contribution in [-0.2, 0) is 0 Å². The number of para-hydroxylation sites is 1. The van der Waals surface area contributed by atoms with E-state index in [0.29, 0.717) is 12.2 Å². The maximum atomic E-state index is 12.3. The largest absolute Gasteiger partial charge is 0.505 e. The molecule has 0 saturated heterocycles. The first-order valence-corrected chi connectivity index (χ1v) is 10.6. The molecule has 0 aliphatic heterocycles. The van der Waals surface area contributed by atoms with Gasteiger partial charge in [-0.05, 0) is 31.5 Å². The number of rotatable bonds is 8. The van der Waals surface area contributed by atoms with Crippen LogP contribution >= 0.6 is 0 Å². The monoisotopic (exact) mass is 464 g/mol. The number of nitrogens with zero attached hydrogens (tertiary/aromatic N) is 2. The van der Waals surface area contributed by atoms with Crippen LogP contribution in [0.5, 0.6) is 5.75 Å². The molecule has 0 aliphatic carbocycles. The summed E-state index contributed by atoms with van der Waals surface area (Å²) in [6.07, 6.45) is 3.66. The van der Waals surface area contributed by atoms with Gasteiger partial charge in [-0.15, -0.1) is 0 Å². The summed E-state index contributed by atoms with van der Waals surface area (Å²) in [5.41, 5.74) is 1.20. The quantitative estimate of drug-likeness (QED) is 0.264. The fourth-order valence-corrected chi connectivity index (χ4v) is 3.64. The number of carbonyl (C=O) groups is 1. The zero-order valence-corrected chi connectivity index (χ0v) is 19.1. The van der Waals surface area contributed by atoms with Crippen LogP contribution in [0, 0.1) is 6.92 Å². The first kappa shape index (κ1) is 22.8. The third-order valence-electron chi connectivity index (χ3n) is 5.59. The molecule has 1 atom stereocenters. The highest BCUT2D eigenvalue weighted by Crippen LogP contribution is 2.34. The maximum absolute atomic E-state index is 12.3. The number of aromatic nitrogens is 1. The number of phenolic OH excluding ortho intramolecular Hbond substituents is 1. The average Bonchev–Trinajstić information content (AvgIpc) is 3.47. The van der Waals surface area contributed by atoms with E-state index in [9.17, 15) is 19.5 Å². The Morgan fingerprint density at radius 3 is 2.56 bits per heavy atom. The van der Waals surface area contributed by atoms with Gasteiger partial charge < -0.3 is 29.6 Å². The zero-order valence-electron chi connectivity index (χ0n) is 19.1. The van der Waals surface area contributed by atoms with E-state index in [1.54, 1.807) is 26.4 Å². The van der Waals surface area contributed by atoms with Crippen LogP contribution in [0.15, 0.2) is 55.3 Å². The SMILES string of the molecule is CCC(Nc1c(Nc2cccc(C(=O)N(C)C)c2O)c(=O)c1=O)c1cc(-c2conc2C)co1. The van der Waals surface area contributed by atoms with Gasteiger partial charge in [0.25, 0.3) is 16.8 Å². The van der Waals surface area contributed by atoms with Crippen molar-refractivity contribution < 1.29 is 18.8 Å². The highest BCUT2D eigenvalue weighted by Gasteiger charge is 2.26. The molecule has 10 nitrogen and oxygen atoms in total. The van der Waals surface area contributed by atoms with Crippen molar-refractivity contribution in [1.29, 1.82) is 0 Å². The molecule has 2 aromatic heterocycles. The minimum atomic E-state index is -0.721. The summed E-state index contributed by atoms with van der Waals surface area (Å²) in [7, 11) is 3.13. The second-order valence-corrected chi connectivity index (χ2v) is 8.09. The number of furan rings is 1. The molecule has 0 radical (unpaired) electrons. The molecule has 2 heterocycles. The van der Waals surface area contributed by atoms with Crippen molar-refractivity contribution in [1.82, 2.24) is 10.1 Å². The number of hydrogen-bond donors (Lipinski definition) is 3. The number of hydrogen-bond acceptors (Lipinski definition) is 9.